The standard InChI is InChI=1S/C15H17N5O5/c1-3-15(24)10(22)8(5-21)25-14(15)20-4-7(13(23)17-2)9-11(16)18-6-19-12(9)20/h1,4,6,8,10,14,21-22,24H,5H2,2H3,(H,17,23)(H2,16,18,19)/t8-,10-,14-,15+/m1/s1. The second kappa shape index (κ2) is 5.98. The second-order valence-corrected chi connectivity index (χ2v) is 5.61. The van der Waals surface area contributed by atoms with Crippen LogP contribution in [0.25, 0.3) is 11.0 Å². The van der Waals surface area contributed by atoms with E-state index in [0.29, 0.717) is 0 Å². The maximum absolute atomic E-state index is 12.2. The van der Waals surface area contributed by atoms with Crippen LogP contribution < -0.4 is 11.1 Å². The van der Waals surface area contributed by atoms with Crippen LogP contribution in [-0.2, 0) is 4.74 Å². The summed E-state index contributed by atoms with van der Waals surface area (Å²) in [5.74, 6) is 1.72. The number of amides is 1. The third kappa shape index (κ3) is 2.33. The highest BCUT2D eigenvalue weighted by molar-refractivity contribution is 6.09. The van der Waals surface area contributed by atoms with Gasteiger partial charge in [0.2, 0.25) is 0 Å². The number of hydrogen-bond donors (Lipinski definition) is 5. The van der Waals surface area contributed by atoms with Crippen LogP contribution in [-0.4, -0.2) is 67.2 Å². The van der Waals surface area contributed by atoms with Gasteiger partial charge in [-0.15, -0.1) is 6.42 Å². The van der Waals surface area contributed by atoms with Gasteiger partial charge in [0.25, 0.3) is 5.91 Å². The monoisotopic (exact) mass is 347 g/mol. The number of aromatic nitrogens is 3. The molecular weight excluding hydrogens is 330 g/mol. The van der Waals surface area contributed by atoms with Gasteiger partial charge in [-0.25, -0.2) is 9.97 Å². The topological polar surface area (TPSA) is 156 Å². The van der Waals surface area contributed by atoms with Gasteiger partial charge in [-0.3, -0.25) is 4.79 Å². The zero-order chi connectivity index (χ0) is 18.4. The van der Waals surface area contributed by atoms with E-state index in [9.17, 15) is 20.1 Å². The molecule has 0 unspecified atom stereocenters. The molecule has 0 aromatic carbocycles. The molecule has 10 heteroatoms. The van der Waals surface area contributed by atoms with Crippen LogP contribution in [0.15, 0.2) is 12.5 Å². The molecule has 2 aromatic heterocycles. The first-order chi connectivity index (χ1) is 11.9. The van der Waals surface area contributed by atoms with Crippen molar-refractivity contribution in [2.24, 2.45) is 0 Å². The van der Waals surface area contributed by atoms with E-state index in [2.05, 4.69) is 21.2 Å². The lowest BCUT2D eigenvalue weighted by molar-refractivity contribution is -0.0718. The molecule has 6 N–H and O–H groups in total. The highest BCUT2D eigenvalue weighted by atomic mass is 16.6. The number of nitrogens with zero attached hydrogens (tertiary/aromatic N) is 3. The Kier molecular flexibility index (Phi) is 4.09. The number of ether oxygens (including phenoxy) is 1. The largest absolute Gasteiger partial charge is 0.394 e. The third-order valence-electron chi connectivity index (χ3n) is 4.26. The van der Waals surface area contributed by atoms with Crippen LogP contribution in [0.3, 0.4) is 0 Å². The van der Waals surface area contributed by atoms with E-state index < -0.39 is 36.6 Å². The summed E-state index contributed by atoms with van der Waals surface area (Å²) in [6.45, 7) is -0.555. The smallest absolute Gasteiger partial charge is 0.253 e. The van der Waals surface area contributed by atoms with Gasteiger partial charge in [-0.05, 0) is 0 Å². The number of nitrogens with two attached hydrogens (primary N) is 1. The number of hydrogen-bond acceptors (Lipinski definition) is 8. The molecule has 1 fully saturated rings. The Morgan fingerprint density at radius 1 is 1.60 bits per heavy atom. The zero-order valence-corrected chi connectivity index (χ0v) is 13.2. The maximum atomic E-state index is 12.2. The van der Waals surface area contributed by atoms with Crippen molar-refractivity contribution in [2.45, 2.75) is 24.0 Å². The Balaban J connectivity index is 2.25. The SMILES string of the molecule is C#C[C@]1(O)[C@H](O)[C@@H](CO)O[C@H]1n1cc(C(=O)NC)c2c(N)ncnc21. The summed E-state index contributed by atoms with van der Waals surface area (Å²) in [4.78, 5) is 20.1. The number of carbonyl (C=O) groups is 1. The summed E-state index contributed by atoms with van der Waals surface area (Å²) in [5, 5.41) is 33.0. The highest BCUT2D eigenvalue weighted by Crippen LogP contribution is 2.40. The van der Waals surface area contributed by atoms with Gasteiger partial charge < -0.3 is 35.7 Å². The molecule has 1 aliphatic rings. The van der Waals surface area contributed by atoms with E-state index in [1.54, 1.807) is 0 Å². The lowest BCUT2D eigenvalue weighted by Crippen LogP contribution is -2.45. The quantitative estimate of drug-likeness (QED) is 0.399. The molecule has 4 atom stereocenters. The van der Waals surface area contributed by atoms with Crippen molar-refractivity contribution in [1.82, 2.24) is 19.9 Å². The number of anilines is 1. The van der Waals surface area contributed by atoms with E-state index in [0.717, 1.165) is 0 Å². The van der Waals surface area contributed by atoms with Crippen molar-refractivity contribution >= 4 is 22.8 Å². The summed E-state index contributed by atoms with van der Waals surface area (Å²) >= 11 is 0. The van der Waals surface area contributed by atoms with Crippen LogP contribution in [0.2, 0.25) is 0 Å². The van der Waals surface area contributed by atoms with Gasteiger partial charge in [0.15, 0.2) is 11.8 Å². The molecule has 3 rings (SSSR count). The number of rotatable bonds is 3. The highest BCUT2D eigenvalue weighted by Gasteiger charge is 2.55. The molecule has 132 valence electrons. The Morgan fingerprint density at radius 3 is 2.92 bits per heavy atom. The number of aliphatic hydroxyl groups is 3. The summed E-state index contributed by atoms with van der Waals surface area (Å²) in [5.41, 5.74) is 4.07. The van der Waals surface area contributed by atoms with E-state index in [-0.39, 0.29) is 22.4 Å². The first-order valence-corrected chi connectivity index (χ1v) is 7.36. The van der Waals surface area contributed by atoms with Crippen LogP contribution in [0.1, 0.15) is 16.6 Å². The van der Waals surface area contributed by atoms with E-state index >= 15 is 0 Å². The Morgan fingerprint density at radius 2 is 2.32 bits per heavy atom. The Labute approximate surface area is 142 Å². The van der Waals surface area contributed by atoms with Crippen molar-refractivity contribution in [3.63, 3.8) is 0 Å². The molecule has 0 radical (unpaired) electrons. The lowest BCUT2D eigenvalue weighted by Gasteiger charge is -2.26. The van der Waals surface area contributed by atoms with Crippen molar-refractivity contribution in [2.75, 3.05) is 19.4 Å². The van der Waals surface area contributed by atoms with Gasteiger partial charge in [-0.1, -0.05) is 5.92 Å². The summed E-state index contributed by atoms with van der Waals surface area (Å²) in [7, 11) is 1.45. The number of nitrogens with one attached hydrogen (secondary N) is 1. The van der Waals surface area contributed by atoms with Crippen molar-refractivity contribution < 1.29 is 24.9 Å². The molecule has 0 saturated carbocycles. The predicted octanol–water partition coefficient (Wildman–Crippen LogP) is -2.01. The molecule has 2 aromatic rings. The number of aliphatic hydroxyl groups excluding tert-OH is 2. The molecule has 0 spiro atoms. The third-order valence-corrected chi connectivity index (χ3v) is 4.26. The van der Waals surface area contributed by atoms with Gasteiger partial charge >= 0.3 is 0 Å². The minimum atomic E-state index is -2.14. The van der Waals surface area contributed by atoms with E-state index in [1.807, 2.05) is 0 Å². The Hall–Kier alpha value is -2.71. The molecule has 1 saturated heterocycles. The van der Waals surface area contributed by atoms with Crippen LogP contribution in [0, 0.1) is 12.3 Å². The fourth-order valence-corrected chi connectivity index (χ4v) is 2.94. The van der Waals surface area contributed by atoms with E-state index in [1.165, 1.54) is 24.1 Å². The minimum absolute atomic E-state index is 0.0591. The fourth-order valence-electron chi connectivity index (χ4n) is 2.94. The summed E-state index contributed by atoms with van der Waals surface area (Å²) < 4.78 is 6.83. The van der Waals surface area contributed by atoms with E-state index in [4.69, 9.17) is 16.9 Å². The minimum Gasteiger partial charge on any atom is -0.394 e. The van der Waals surface area contributed by atoms with Crippen molar-refractivity contribution in [1.29, 1.82) is 0 Å². The number of nitrogen functional groups attached to an aromatic ring is 1. The van der Waals surface area contributed by atoms with Gasteiger partial charge in [0.05, 0.1) is 17.6 Å². The fraction of sp³-hybridized carbons (Fsp3) is 0.400. The van der Waals surface area contributed by atoms with Gasteiger partial charge in [0.1, 0.15) is 30.0 Å². The van der Waals surface area contributed by atoms with Crippen molar-refractivity contribution in [3.05, 3.63) is 18.1 Å². The molecule has 0 bridgehead atoms. The predicted molar refractivity (Wildman–Crippen MR) is 86.1 cm³/mol. The maximum Gasteiger partial charge on any atom is 0.253 e. The molecule has 1 aliphatic heterocycles. The number of fused-ring (bicyclic) bond motifs is 1. The molecular formula is C15H17N5O5. The number of carbonyl (C=O) groups excluding carboxylic acids is 1. The normalized spacial score (nSPS) is 28.8. The lowest BCUT2D eigenvalue weighted by atomic mass is 9.95. The molecule has 1 amide bonds. The van der Waals surface area contributed by atoms with Crippen molar-refractivity contribution in [3.8, 4) is 12.3 Å². The average Bonchev–Trinajstić information content (AvgIpc) is 3.12. The van der Waals surface area contributed by atoms with Gasteiger partial charge in [0, 0.05) is 13.2 Å². The summed E-state index contributed by atoms with van der Waals surface area (Å²) in [6.07, 6.45) is 4.01. The first-order valence-electron chi connectivity index (χ1n) is 7.36. The van der Waals surface area contributed by atoms with Gasteiger partial charge in [-0.2, -0.15) is 0 Å². The molecule has 10 nitrogen and oxygen atoms in total. The first kappa shape index (κ1) is 17.1. The van der Waals surface area contributed by atoms with Crippen LogP contribution >= 0.6 is 0 Å². The second-order valence-electron chi connectivity index (χ2n) is 5.61. The molecule has 25 heavy (non-hydrogen) atoms. The number of terminal acetylenes is 1. The van der Waals surface area contributed by atoms with Crippen LogP contribution in [0.5, 0.6) is 0 Å². The summed E-state index contributed by atoms with van der Waals surface area (Å²) in [6, 6.07) is 0. The Bertz CT molecular complexity index is 875. The van der Waals surface area contributed by atoms with Crippen LogP contribution in [0.4, 0.5) is 5.82 Å². The average molecular weight is 347 g/mol. The molecule has 3 heterocycles. The zero-order valence-electron chi connectivity index (χ0n) is 13.2. The molecule has 0 aliphatic carbocycles.